The normalized spacial score (nSPS) is 29.3. The molecule has 1 saturated heterocycles. The molecule has 0 bridgehead atoms. The molecule has 2 fully saturated rings. The molecular formula is C20H28N4O2. The van der Waals surface area contributed by atoms with Crippen molar-refractivity contribution in [2.75, 3.05) is 19.6 Å². The van der Waals surface area contributed by atoms with E-state index in [4.69, 9.17) is 0 Å². The fourth-order valence-corrected chi connectivity index (χ4v) is 4.59. The largest absolute Gasteiger partial charge is 0.465 e. The molecular weight excluding hydrogens is 328 g/mol. The zero-order valence-corrected chi connectivity index (χ0v) is 15.7. The molecule has 26 heavy (non-hydrogen) atoms. The first-order valence-electron chi connectivity index (χ1n) is 9.57. The van der Waals surface area contributed by atoms with E-state index in [9.17, 15) is 15.2 Å². The molecule has 1 aliphatic heterocycles. The van der Waals surface area contributed by atoms with Gasteiger partial charge in [-0.2, -0.15) is 5.26 Å². The fourth-order valence-electron chi connectivity index (χ4n) is 4.59. The highest BCUT2D eigenvalue weighted by molar-refractivity contribution is 5.65. The smallest absolute Gasteiger partial charge is 0.407 e. The second-order valence-electron chi connectivity index (χ2n) is 7.65. The number of hydrogen-bond acceptors (Lipinski definition) is 4. The molecule has 6 heteroatoms. The predicted molar refractivity (Wildman–Crippen MR) is 98.9 cm³/mol. The van der Waals surface area contributed by atoms with Crippen molar-refractivity contribution in [1.82, 2.24) is 14.8 Å². The van der Waals surface area contributed by atoms with Crippen molar-refractivity contribution in [1.29, 1.82) is 5.26 Å². The minimum absolute atomic E-state index is 0.0959. The average Bonchev–Trinajstić information content (AvgIpc) is 3.11. The van der Waals surface area contributed by atoms with Crippen LogP contribution in [0.3, 0.4) is 0 Å². The maximum atomic E-state index is 11.4. The lowest BCUT2D eigenvalue weighted by atomic mass is 9.70. The van der Waals surface area contributed by atoms with Crippen LogP contribution in [0.4, 0.5) is 4.79 Å². The van der Waals surface area contributed by atoms with Crippen LogP contribution in [-0.2, 0) is 5.41 Å². The van der Waals surface area contributed by atoms with Gasteiger partial charge in [-0.1, -0.05) is 0 Å². The molecule has 140 valence electrons. The Hall–Kier alpha value is -2.13. The minimum atomic E-state index is -0.822. The van der Waals surface area contributed by atoms with Crippen molar-refractivity contribution in [3.63, 3.8) is 0 Å². The van der Waals surface area contributed by atoms with Gasteiger partial charge >= 0.3 is 6.09 Å². The summed E-state index contributed by atoms with van der Waals surface area (Å²) in [7, 11) is 0. The van der Waals surface area contributed by atoms with Gasteiger partial charge in [0.05, 0.1) is 17.2 Å². The number of carboxylic acid groups (broad SMARTS) is 1. The zero-order valence-electron chi connectivity index (χ0n) is 15.7. The molecule has 1 aromatic heterocycles. The highest BCUT2D eigenvalue weighted by atomic mass is 16.4. The standard InChI is InChI=1S/C20H28N4O2/c1-3-24(19(25)26)17-7-11-23(13-17)16-4-8-20(14-21,9-5-16)18-12-15(2)6-10-22-18/h6,10,12,16-17H,3-5,7-9,11,13H2,1-2H3,(H,25,26)/t16?,17-,20?/m0/s1. The van der Waals surface area contributed by atoms with E-state index in [2.05, 4.69) is 16.0 Å². The van der Waals surface area contributed by atoms with E-state index >= 15 is 0 Å². The molecule has 0 spiro atoms. The molecule has 1 aromatic rings. The summed E-state index contributed by atoms with van der Waals surface area (Å²) in [6.45, 7) is 6.23. The van der Waals surface area contributed by atoms with E-state index in [0.717, 1.165) is 56.5 Å². The van der Waals surface area contributed by atoms with Gasteiger partial charge in [0.15, 0.2) is 0 Å². The minimum Gasteiger partial charge on any atom is -0.465 e. The predicted octanol–water partition coefficient (Wildman–Crippen LogP) is 3.17. The molecule has 1 atom stereocenters. The van der Waals surface area contributed by atoms with Crippen LogP contribution >= 0.6 is 0 Å². The van der Waals surface area contributed by atoms with Crippen LogP contribution in [0.25, 0.3) is 0 Å². The first-order chi connectivity index (χ1) is 12.5. The van der Waals surface area contributed by atoms with Crippen LogP contribution in [-0.4, -0.2) is 57.7 Å². The van der Waals surface area contributed by atoms with Gasteiger partial charge in [0.25, 0.3) is 0 Å². The molecule has 2 aliphatic rings. The molecule has 1 saturated carbocycles. The van der Waals surface area contributed by atoms with E-state index in [-0.39, 0.29) is 6.04 Å². The lowest BCUT2D eigenvalue weighted by molar-refractivity contribution is 0.118. The number of likely N-dealkylation sites (tertiary alicyclic amines) is 1. The lowest BCUT2D eigenvalue weighted by Crippen LogP contribution is -2.44. The Morgan fingerprint density at radius 2 is 2.19 bits per heavy atom. The quantitative estimate of drug-likeness (QED) is 0.896. The number of rotatable bonds is 4. The van der Waals surface area contributed by atoms with Crippen LogP contribution in [0.5, 0.6) is 0 Å². The van der Waals surface area contributed by atoms with Gasteiger partial charge in [-0.05, 0) is 63.6 Å². The van der Waals surface area contributed by atoms with Gasteiger partial charge in [-0.25, -0.2) is 4.79 Å². The second-order valence-corrected chi connectivity index (χ2v) is 7.65. The van der Waals surface area contributed by atoms with Gasteiger partial charge in [0, 0.05) is 37.9 Å². The van der Waals surface area contributed by atoms with Crippen LogP contribution in [0.2, 0.25) is 0 Å². The van der Waals surface area contributed by atoms with Crippen LogP contribution < -0.4 is 0 Å². The highest BCUT2D eigenvalue weighted by Crippen LogP contribution is 2.40. The summed E-state index contributed by atoms with van der Waals surface area (Å²) in [4.78, 5) is 19.8. The van der Waals surface area contributed by atoms with Crippen LogP contribution in [0, 0.1) is 18.3 Å². The Kier molecular flexibility index (Phi) is 5.47. The maximum absolute atomic E-state index is 11.4. The average molecular weight is 356 g/mol. The third kappa shape index (κ3) is 3.54. The van der Waals surface area contributed by atoms with Crippen LogP contribution in [0.1, 0.15) is 50.3 Å². The van der Waals surface area contributed by atoms with Crippen molar-refractivity contribution >= 4 is 6.09 Å². The summed E-state index contributed by atoms with van der Waals surface area (Å²) < 4.78 is 0. The van der Waals surface area contributed by atoms with Gasteiger partial charge in [-0.15, -0.1) is 0 Å². The van der Waals surface area contributed by atoms with Crippen molar-refractivity contribution < 1.29 is 9.90 Å². The summed E-state index contributed by atoms with van der Waals surface area (Å²) >= 11 is 0. The third-order valence-electron chi connectivity index (χ3n) is 6.17. The Morgan fingerprint density at radius 1 is 1.46 bits per heavy atom. The first-order valence-corrected chi connectivity index (χ1v) is 9.57. The summed E-state index contributed by atoms with van der Waals surface area (Å²) in [6.07, 6.45) is 5.46. The summed E-state index contributed by atoms with van der Waals surface area (Å²) in [5.41, 5.74) is 1.57. The van der Waals surface area contributed by atoms with Gasteiger partial charge in [0.2, 0.25) is 0 Å². The van der Waals surface area contributed by atoms with E-state index in [1.807, 2.05) is 26.0 Å². The number of likely N-dealkylation sites (N-methyl/N-ethyl adjacent to an activating group) is 1. The molecule has 6 nitrogen and oxygen atoms in total. The monoisotopic (exact) mass is 356 g/mol. The Bertz CT molecular complexity index is 691. The highest BCUT2D eigenvalue weighted by Gasteiger charge is 2.41. The number of carbonyl (C=O) groups is 1. The van der Waals surface area contributed by atoms with Crippen molar-refractivity contribution in [3.05, 3.63) is 29.6 Å². The van der Waals surface area contributed by atoms with Crippen molar-refractivity contribution in [2.24, 2.45) is 0 Å². The molecule has 1 N–H and O–H groups in total. The summed E-state index contributed by atoms with van der Waals surface area (Å²) in [6, 6.07) is 7.10. The number of pyridine rings is 1. The fraction of sp³-hybridized carbons (Fsp3) is 0.650. The second kappa shape index (κ2) is 7.63. The topological polar surface area (TPSA) is 80.5 Å². The number of nitrogens with zero attached hydrogens (tertiary/aromatic N) is 4. The SMILES string of the molecule is CCN(C(=O)O)[C@H]1CCN(C2CCC(C#N)(c3cc(C)ccn3)CC2)C1. The number of amides is 1. The molecule has 0 unspecified atom stereocenters. The Labute approximate surface area is 155 Å². The molecule has 1 amide bonds. The van der Waals surface area contributed by atoms with E-state index in [1.54, 1.807) is 11.1 Å². The van der Waals surface area contributed by atoms with Gasteiger partial charge in [-0.3, -0.25) is 9.88 Å². The zero-order chi connectivity index (χ0) is 18.7. The van der Waals surface area contributed by atoms with E-state index in [1.165, 1.54) is 0 Å². The summed E-state index contributed by atoms with van der Waals surface area (Å²) in [5, 5.41) is 19.2. The molecule has 2 heterocycles. The lowest BCUT2D eigenvalue weighted by Gasteiger charge is -2.39. The van der Waals surface area contributed by atoms with Gasteiger partial charge in [0.1, 0.15) is 0 Å². The molecule has 0 radical (unpaired) electrons. The third-order valence-corrected chi connectivity index (χ3v) is 6.17. The Morgan fingerprint density at radius 3 is 2.77 bits per heavy atom. The molecule has 0 aromatic carbocycles. The van der Waals surface area contributed by atoms with Gasteiger partial charge < -0.3 is 10.0 Å². The summed E-state index contributed by atoms with van der Waals surface area (Å²) in [5.74, 6) is 0. The van der Waals surface area contributed by atoms with E-state index in [0.29, 0.717) is 12.6 Å². The number of aryl methyl sites for hydroxylation is 1. The molecule has 3 rings (SSSR count). The van der Waals surface area contributed by atoms with Crippen molar-refractivity contribution in [3.8, 4) is 6.07 Å². The van der Waals surface area contributed by atoms with E-state index < -0.39 is 11.5 Å². The first kappa shape index (κ1) is 18.7. The number of aromatic nitrogens is 1. The van der Waals surface area contributed by atoms with Crippen molar-refractivity contribution in [2.45, 2.75) is 63.5 Å². The van der Waals surface area contributed by atoms with Crippen LogP contribution in [0.15, 0.2) is 18.3 Å². The Balaban J connectivity index is 1.64. The number of hydrogen-bond donors (Lipinski definition) is 1. The maximum Gasteiger partial charge on any atom is 0.407 e. The molecule has 1 aliphatic carbocycles. The number of nitriles is 1.